The molecule has 0 fully saturated rings. The normalized spacial score (nSPS) is 11.6. The number of hydroxylamine groups is 1. The molecule has 0 amide bonds. The van der Waals surface area contributed by atoms with Gasteiger partial charge < -0.3 is 0 Å². The lowest BCUT2D eigenvalue weighted by Gasteiger charge is -1.96. The van der Waals surface area contributed by atoms with Crippen LogP contribution in [0.3, 0.4) is 0 Å². The number of fused-ring (bicyclic) bond motifs is 3. The summed E-state index contributed by atoms with van der Waals surface area (Å²) < 4.78 is 1.09. The molecule has 0 spiro atoms. The van der Waals surface area contributed by atoms with Crippen molar-refractivity contribution in [3.05, 3.63) is 36.4 Å². The maximum absolute atomic E-state index is 8.45. The van der Waals surface area contributed by atoms with E-state index in [-0.39, 0.29) is 0 Å². The Kier molecular flexibility index (Phi) is 2.47. The molecule has 0 bridgehead atoms. The summed E-state index contributed by atoms with van der Waals surface area (Å²) in [7, 11) is 0. The fourth-order valence-corrected chi connectivity index (χ4v) is 2.62. The van der Waals surface area contributed by atoms with Gasteiger partial charge >= 0.3 is 0 Å². The fraction of sp³-hybridized carbons (Fsp3) is 0. The Morgan fingerprint density at radius 2 is 2.12 bits per heavy atom. The highest BCUT2D eigenvalue weighted by Crippen LogP contribution is 2.32. The Hall–Kier alpha value is -1.98. The van der Waals surface area contributed by atoms with Crippen LogP contribution in [0, 0.1) is 0 Å². The number of hydrogen-bond acceptors (Lipinski definition) is 4. The Labute approximate surface area is 101 Å². The molecule has 17 heavy (non-hydrogen) atoms. The largest absolute Gasteiger partial charge is 0.290 e. The Bertz CT molecular complexity index is 705. The number of aliphatic imine (C=N–C) groups is 1. The first kappa shape index (κ1) is 10.2. The van der Waals surface area contributed by atoms with E-state index in [1.807, 2.05) is 23.7 Å². The lowest BCUT2D eigenvalue weighted by Crippen LogP contribution is -2.00. The molecule has 0 aliphatic heterocycles. The van der Waals surface area contributed by atoms with Gasteiger partial charge in [-0.1, -0.05) is 41.7 Å². The first-order chi connectivity index (χ1) is 8.38. The zero-order chi connectivity index (χ0) is 11.7. The van der Waals surface area contributed by atoms with E-state index in [2.05, 4.69) is 28.2 Å². The van der Waals surface area contributed by atoms with Crippen LogP contribution in [0.15, 0.2) is 41.4 Å². The monoisotopic (exact) mass is 243 g/mol. The van der Waals surface area contributed by atoms with Crippen LogP contribution >= 0.6 is 11.3 Å². The predicted octanol–water partition coefficient (Wildman–Crippen LogP) is 3.09. The van der Waals surface area contributed by atoms with Gasteiger partial charge in [0, 0.05) is 5.39 Å². The summed E-state index contributed by atoms with van der Waals surface area (Å²) >= 11 is 1.49. The van der Waals surface area contributed by atoms with Crippen LogP contribution < -0.4 is 5.48 Å². The molecule has 0 saturated carbocycles. The second kappa shape index (κ2) is 4.12. The van der Waals surface area contributed by atoms with Gasteiger partial charge in [0.2, 0.25) is 5.13 Å². The van der Waals surface area contributed by atoms with Crippen LogP contribution in [0.4, 0.5) is 5.13 Å². The van der Waals surface area contributed by atoms with Gasteiger partial charge in [-0.05, 0) is 11.5 Å². The van der Waals surface area contributed by atoms with E-state index in [0.717, 1.165) is 15.6 Å². The van der Waals surface area contributed by atoms with Crippen molar-refractivity contribution in [1.82, 2.24) is 10.5 Å². The minimum absolute atomic E-state index is 0.623. The van der Waals surface area contributed by atoms with Crippen molar-refractivity contribution in [2.75, 3.05) is 0 Å². The molecule has 4 nitrogen and oxygen atoms in total. The summed E-state index contributed by atoms with van der Waals surface area (Å²) in [6, 6.07) is 12.2. The molecule has 1 aromatic heterocycles. The van der Waals surface area contributed by atoms with Crippen molar-refractivity contribution in [2.45, 2.75) is 0 Å². The molecule has 3 aromatic rings. The van der Waals surface area contributed by atoms with Crippen LogP contribution in [0.25, 0.3) is 21.0 Å². The highest BCUT2D eigenvalue weighted by Gasteiger charge is 2.05. The van der Waals surface area contributed by atoms with E-state index in [0.29, 0.717) is 5.13 Å². The Morgan fingerprint density at radius 1 is 1.24 bits per heavy atom. The minimum atomic E-state index is 0.623. The van der Waals surface area contributed by atoms with Crippen LogP contribution in [0.1, 0.15) is 0 Å². The van der Waals surface area contributed by atoms with Crippen molar-refractivity contribution in [3.63, 3.8) is 0 Å². The molecule has 2 N–H and O–H groups in total. The average Bonchev–Trinajstić information content (AvgIpc) is 2.79. The van der Waals surface area contributed by atoms with E-state index in [9.17, 15) is 0 Å². The van der Waals surface area contributed by atoms with Gasteiger partial charge in [0.15, 0.2) is 0 Å². The Balaban J connectivity index is 2.27. The van der Waals surface area contributed by atoms with E-state index < -0.39 is 0 Å². The molecule has 5 heteroatoms. The molecule has 0 unspecified atom stereocenters. The van der Waals surface area contributed by atoms with Gasteiger partial charge in [-0.2, -0.15) is 0 Å². The number of aromatic nitrogens is 1. The van der Waals surface area contributed by atoms with E-state index >= 15 is 0 Å². The van der Waals surface area contributed by atoms with Crippen LogP contribution in [-0.4, -0.2) is 16.5 Å². The molecule has 0 atom stereocenters. The quantitative estimate of drug-likeness (QED) is 0.413. The standard InChI is InChI=1S/C12H9N3OS/c16-14-7-13-12-15-11-9-4-2-1-3-8(9)5-6-10(11)17-12/h1-7,16H,(H,13,14,15). The SMILES string of the molecule is ONC=Nc1nc2c(ccc3ccccc32)s1. The van der Waals surface area contributed by atoms with Crippen molar-refractivity contribution in [1.29, 1.82) is 0 Å². The van der Waals surface area contributed by atoms with Gasteiger partial charge in [-0.25, -0.2) is 9.98 Å². The second-order valence-electron chi connectivity index (χ2n) is 3.52. The summed E-state index contributed by atoms with van der Waals surface area (Å²) in [6.45, 7) is 0. The molecule has 84 valence electrons. The Morgan fingerprint density at radius 3 is 3.00 bits per heavy atom. The first-order valence-corrected chi connectivity index (χ1v) is 5.90. The zero-order valence-corrected chi connectivity index (χ0v) is 9.61. The summed E-state index contributed by atoms with van der Waals surface area (Å²) in [5.74, 6) is 0. The fourth-order valence-electron chi connectivity index (χ4n) is 1.79. The third-order valence-electron chi connectivity index (χ3n) is 2.50. The third-order valence-corrected chi connectivity index (χ3v) is 3.43. The molecule has 3 rings (SSSR count). The smallest absolute Gasteiger partial charge is 0.211 e. The molecular formula is C12H9N3OS. The summed E-state index contributed by atoms with van der Waals surface area (Å²) in [4.78, 5) is 8.44. The van der Waals surface area contributed by atoms with Crippen LogP contribution in [0.5, 0.6) is 0 Å². The molecule has 0 radical (unpaired) electrons. The molecule has 0 aliphatic rings. The number of rotatable bonds is 2. The number of nitrogens with one attached hydrogen (secondary N) is 1. The minimum Gasteiger partial charge on any atom is -0.290 e. The van der Waals surface area contributed by atoms with E-state index in [1.54, 1.807) is 0 Å². The van der Waals surface area contributed by atoms with Gasteiger partial charge in [-0.15, -0.1) is 0 Å². The summed E-state index contributed by atoms with van der Waals surface area (Å²) in [5.41, 5.74) is 2.83. The molecule has 2 aromatic carbocycles. The van der Waals surface area contributed by atoms with E-state index in [4.69, 9.17) is 5.21 Å². The number of thiazole rings is 1. The third kappa shape index (κ3) is 1.75. The number of nitrogens with zero attached hydrogens (tertiary/aromatic N) is 2. The summed E-state index contributed by atoms with van der Waals surface area (Å²) in [6.07, 6.45) is 1.21. The van der Waals surface area contributed by atoms with Crippen LogP contribution in [0.2, 0.25) is 0 Å². The maximum atomic E-state index is 8.45. The lowest BCUT2D eigenvalue weighted by atomic mass is 10.1. The topological polar surface area (TPSA) is 57.5 Å². The average molecular weight is 243 g/mol. The van der Waals surface area contributed by atoms with Crippen molar-refractivity contribution < 1.29 is 5.21 Å². The highest BCUT2D eigenvalue weighted by atomic mass is 32.1. The predicted molar refractivity (Wildman–Crippen MR) is 70.2 cm³/mol. The van der Waals surface area contributed by atoms with Crippen molar-refractivity contribution >= 4 is 43.8 Å². The van der Waals surface area contributed by atoms with Gasteiger partial charge in [0.25, 0.3) is 0 Å². The van der Waals surface area contributed by atoms with Gasteiger partial charge in [0.1, 0.15) is 6.34 Å². The number of benzene rings is 2. The van der Waals surface area contributed by atoms with Crippen molar-refractivity contribution in [2.24, 2.45) is 4.99 Å². The second-order valence-corrected chi connectivity index (χ2v) is 4.53. The van der Waals surface area contributed by atoms with Crippen molar-refractivity contribution in [3.8, 4) is 0 Å². The maximum Gasteiger partial charge on any atom is 0.211 e. The zero-order valence-electron chi connectivity index (χ0n) is 8.79. The number of hydrogen-bond donors (Lipinski definition) is 2. The van der Waals surface area contributed by atoms with E-state index in [1.165, 1.54) is 23.1 Å². The highest BCUT2D eigenvalue weighted by molar-refractivity contribution is 7.22. The van der Waals surface area contributed by atoms with Gasteiger partial charge in [0.05, 0.1) is 10.2 Å². The molecule has 1 heterocycles. The first-order valence-electron chi connectivity index (χ1n) is 5.09. The van der Waals surface area contributed by atoms with Gasteiger partial charge in [-0.3, -0.25) is 10.7 Å². The molecular weight excluding hydrogens is 234 g/mol. The lowest BCUT2D eigenvalue weighted by molar-refractivity contribution is 0.240. The molecule has 0 saturated heterocycles. The summed E-state index contributed by atoms with van der Waals surface area (Å²) in [5, 5.41) is 11.4. The molecule has 0 aliphatic carbocycles. The van der Waals surface area contributed by atoms with Crippen LogP contribution in [-0.2, 0) is 0 Å².